The highest BCUT2D eigenvalue weighted by molar-refractivity contribution is 5.96. The van der Waals surface area contributed by atoms with Crippen LogP contribution in [-0.2, 0) is 4.79 Å². The van der Waals surface area contributed by atoms with E-state index in [-0.39, 0.29) is 5.91 Å². The normalized spacial score (nSPS) is 29.3. The molecule has 4 aliphatic rings. The summed E-state index contributed by atoms with van der Waals surface area (Å²) >= 11 is 0. The van der Waals surface area contributed by atoms with Crippen LogP contribution < -0.4 is 9.64 Å². The average Bonchev–Trinajstić information content (AvgIpc) is 3.22. The van der Waals surface area contributed by atoms with E-state index >= 15 is 0 Å². The lowest BCUT2D eigenvalue weighted by Gasteiger charge is -2.44. The second-order valence-electron chi connectivity index (χ2n) is 10.8. The van der Waals surface area contributed by atoms with Crippen molar-refractivity contribution in [3.05, 3.63) is 24.3 Å². The first-order valence-electron chi connectivity index (χ1n) is 13.8. The second-order valence-corrected chi connectivity index (χ2v) is 10.8. The van der Waals surface area contributed by atoms with E-state index in [2.05, 4.69) is 39.0 Å². The van der Waals surface area contributed by atoms with Gasteiger partial charge in [0, 0.05) is 31.2 Å². The standard InChI is InChI=1S/C28H43N3O2/c32-28-16-13-25(22-29-17-4-1-5-18-29)31(28)24-11-14-26(15-12-24)33-21-7-20-30-19-6-9-23-8-2-3-10-27(23)30/h11-12,14-15,23,25,27H,1-10,13,16-22H2. The smallest absolute Gasteiger partial charge is 0.227 e. The number of hydrogen-bond donors (Lipinski definition) is 0. The lowest BCUT2D eigenvalue weighted by Crippen LogP contribution is -2.47. The first-order chi connectivity index (χ1) is 16.3. The van der Waals surface area contributed by atoms with Crippen molar-refractivity contribution >= 4 is 11.6 Å². The van der Waals surface area contributed by atoms with Crippen LogP contribution in [0.2, 0.25) is 0 Å². The number of anilines is 1. The van der Waals surface area contributed by atoms with Crippen LogP contribution in [0.3, 0.4) is 0 Å². The summed E-state index contributed by atoms with van der Waals surface area (Å²) in [5.41, 5.74) is 1.03. The van der Waals surface area contributed by atoms with Crippen molar-refractivity contribution < 1.29 is 9.53 Å². The van der Waals surface area contributed by atoms with Crippen molar-refractivity contribution in [1.29, 1.82) is 0 Å². The molecule has 1 aromatic rings. The van der Waals surface area contributed by atoms with Crippen LogP contribution in [0.4, 0.5) is 5.69 Å². The molecule has 5 nitrogen and oxygen atoms in total. The van der Waals surface area contributed by atoms with E-state index in [1.807, 2.05) is 0 Å². The predicted molar refractivity (Wildman–Crippen MR) is 134 cm³/mol. The number of likely N-dealkylation sites (tertiary alicyclic amines) is 2. The Hall–Kier alpha value is -1.59. The Morgan fingerprint density at radius 3 is 2.48 bits per heavy atom. The number of ether oxygens (including phenoxy) is 1. The Balaban J connectivity index is 1.09. The maximum atomic E-state index is 12.6. The van der Waals surface area contributed by atoms with Gasteiger partial charge in [-0.15, -0.1) is 0 Å². The molecule has 1 saturated carbocycles. The number of nitrogens with zero attached hydrogens (tertiary/aromatic N) is 3. The third-order valence-electron chi connectivity index (χ3n) is 8.57. The van der Waals surface area contributed by atoms with Crippen LogP contribution in [0, 0.1) is 5.92 Å². The molecule has 4 fully saturated rings. The van der Waals surface area contributed by atoms with Crippen LogP contribution in [0.15, 0.2) is 24.3 Å². The fourth-order valence-corrected chi connectivity index (χ4v) is 6.88. The summed E-state index contributed by atoms with van der Waals surface area (Å²) in [6, 6.07) is 9.42. The SMILES string of the molecule is O=C1CCC(CN2CCCCC2)N1c1ccc(OCCCN2CCCC3CCCCC32)cc1. The fourth-order valence-electron chi connectivity index (χ4n) is 6.88. The lowest BCUT2D eigenvalue weighted by atomic mass is 9.78. The Morgan fingerprint density at radius 1 is 0.848 bits per heavy atom. The molecule has 0 bridgehead atoms. The number of piperidine rings is 2. The lowest BCUT2D eigenvalue weighted by molar-refractivity contribution is -0.117. The van der Waals surface area contributed by atoms with Crippen molar-refractivity contribution in [2.75, 3.05) is 44.2 Å². The van der Waals surface area contributed by atoms with Gasteiger partial charge in [0.25, 0.3) is 0 Å². The van der Waals surface area contributed by atoms with Crippen LogP contribution in [-0.4, -0.2) is 67.1 Å². The zero-order valence-corrected chi connectivity index (χ0v) is 20.4. The monoisotopic (exact) mass is 453 g/mol. The van der Waals surface area contributed by atoms with E-state index in [9.17, 15) is 4.79 Å². The summed E-state index contributed by atoms with van der Waals surface area (Å²) in [5, 5.41) is 0. The maximum Gasteiger partial charge on any atom is 0.227 e. The highest BCUT2D eigenvalue weighted by Crippen LogP contribution is 2.35. The topological polar surface area (TPSA) is 36.0 Å². The Bertz CT molecular complexity index is 759. The average molecular weight is 454 g/mol. The minimum Gasteiger partial charge on any atom is -0.494 e. The molecule has 0 aromatic heterocycles. The van der Waals surface area contributed by atoms with Gasteiger partial charge in [-0.2, -0.15) is 0 Å². The van der Waals surface area contributed by atoms with Gasteiger partial charge in [0.1, 0.15) is 5.75 Å². The Labute approximate surface area is 200 Å². The molecule has 5 heteroatoms. The van der Waals surface area contributed by atoms with Crippen molar-refractivity contribution in [3.63, 3.8) is 0 Å². The summed E-state index contributed by atoms with van der Waals surface area (Å²) in [4.78, 5) is 20.0. The van der Waals surface area contributed by atoms with E-state index in [4.69, 9.17) is 4.74 Å². The summed E-state index contributed by atoms with van der Waals surface area (Å²) in [6.07, 6.45) is 15.2. The van der Waals surface area contributed by atoms with Crippen LogP contribution in [0.5, 0.6) is 5.75 Å². The third-order valence-corrected chi connectivity index (χ3v) is 8.57. The highest BCUT2D eigenvalue weighted by atomic mass is 16.5. The number of carbonyl (C=O) groups is 1. The Morgan fingerprint density at radius 2 is 1.64 bits per heavy atom. The van der Waals surface area contributed by atoms with Gasteiger partial charge in [0.2, 0.25) is 5.91 Å². The number of amides is 1. The molecule has 0 radical (unpaired) electrons. The molecular weight excluding hydrogens is 410 g/mol. The molecule has 3 atom stereocenters. The molecule has 5 rings (SSSR count). The highest BCUT2D eigenvalue weighted by Gasteiger charge is 2.34. The third kappa shape index (κ3) is 5.74. The zero-order valence-electron chi connectivity index (χ0n) is 20.4. The largest absolute Gasteiger partial charge is 0.494 e. The molecule has 1 aliphatic carbocycles. The van der Waals surface area contributed by atoms with Crippen molar-refractivity contribution in [2.24, 2.45) is 5.92 Å². The fraction of sp³-hybridized carbons (Fsp3) is 0.750. The Kier molecular flexibility index (Phi) is 7.88. The molecule has 3 saturated heterocycles. The molecule has 1 amide bonds. The van der Waals surface area contributed by atoms with Gasteiger partial charge < -0.3 is 14.5 Å². The van der Waals surface area contributed by atoms with Crippen molar-refractivity contribution in [2.45, 2.75) is 89.1 Å². The minimum atomic E-state index is 0.272. The summed E-state index contributed by atoms with van der Waals surface area (Å²) in [6.45, 7) is 6.60. The van der Waals surface area contributed by atoms with E-state index in [0.29, 0.717) is 12.5 Å². The molecule has 0 spiro atoms. The van der Waals surface area contributed by atoms with Crippen LogP contribution >= 0.6 is 0 Å². The van der Waals surface area contributed by atoms with Gasteiger partial charge in [0.05, 0.1) is 12.6 Å². The summed E-state index contributed by atoms with van der Waals surface area (Å²) in [7, 11) is 0. The first kappa shape index (κ1) is 23.2. The van der Waals surface area contributed by atoms with E-state index in [1.54, 1.807) is 0 Å². The summed E-state index contributed by atoms with van der Waals surface area (Å²) < 4.78 is 6.09. The molecule has 0 N–H and O–H groups in total. The van der Waals surface area contributed by atoms with Crippen molar-refractivity contribution in [3.8, 4) is 5.75 Å². The molecule has 182 valence electrons. The maximum absolute atomic E-state index is 12.6. The number of rotatable bonds is 8. The van der Waals surface area contributed by atoms with Crippen LogP contribution in [0.1, 0.15) is 77.0 Å². The van der Waals surface area contributed by atoms with E-state index in [1.165, 1.54) is 84.0 Å². The van der Waals surface area contributed by atoms with E-state index in [0.717, 1.165) is 49.4 Å². The van der Waals surface area contributed by atoms with Gasteiger partial charge in [0.15, 0.2) is 0 Å². The van der Waals surface area contributed by atoms with Crippen LogP contribution in [0.25, 0.3) is 0 Å². The molecular formula is C28H43N3O2. The van der Waals surface area contributed by atoms with Crippen molar-refractivity contribution in [1.82, 2.24) is 9.80 Å². The molecule has 33 heavy (non-hydrogen) atoms. The van der Waals surface area contributed by atoms with Gasteiger partial charge in [-0.1, -0.05) is 19.3 Å². The molecule has 3 aliphatic heterocycles. The second kappa shape index (κ2) is 11.2. The molecule has 1 aromatic carbocycles. The quantitative estimate of drug-likeness (QED) is 0.514. The predicted octanol–water partition coefficient (Wildman–Crippen LogP) is 5.09. The minimum absolute atomic E-state index is 0.272. The van der Waals surface area contributed by atoms with E-state index < -0.39 is 0 Å². The zero-order chi connectivity index (χ0) is 22.5. The number of hydrogen-bond acceptors (Lipinski definition) is 4. The van der Waals surface area contributed by atoms with Gasteiger partial charge in [-0.25, -0.2) is 0 Å². The summed E-state index contributed by atoms with van der Waals surface area (Å²) in [5.74, 6) is 2.15. The van der Waals surface area contributed by atoms with Gasteiger partial charge in [-0.05, 0) is 101 Å². The molecule has 3 heterocycles. The number of benzene rings is 1. The molecule has 3 unspecified atom stereocenters. The van der Waals surface area contributed by atoms with Gasteiger partial charge >= 0.3 is 0 Å². The number of fused-ring (bicyclic) bond motifs is 1. The van der Waals surface area contributed by atoms with Gasteiger partial charge in [-0.3, -0.25) is 9.69 Å². The first-order valence-corrected chi connectivity index (χ1v) is 13.8. The number of carbonyl (C=O) groups excluding carboxylic acids is 1.